The summed E-state index contributed by atoms with van der Waals surface area (Å²) in [6.07, 6.45) is 5.03. The van der Waals surface area contributed by atoms with Gasteiger partial charge < -0.3 is 9.84 Å². The molecule has 0 bridgehead atoms. The van der Waals surface area contributed by atoms with E-state index in [2.05, 4.69) is 9.97 Å². The summed E-state index contributed by atoms with van der Waals surface area (Å²) in [5.41, 5.74) is 1.75. The summed E-state index contributed by atoms with van der Waals surface area (Å²) >= 11 is 0. The Bertz CT molecular complexity index is 555. The number of phenolic OH excluding ortho intramolecular Hbond substituents is 1. The van der Waals surface area contributed by atoms with Crippen molar-refractivity contribution in [2.45, 2.75) is 19.3 Å². The first-order chi connectivity index (χ1) is 9.70. The van der Waals surface area contributed by atoms with Crippen molar-refractivity contribution in [1.29, 1.82) is 0 Å². The van der Waals surface area contributed by atoms with Crippen molar-refractivity contribution < 1.29 is 14.6 Å². The van der Waals surface area contributed by atoms with Gasteiger partial charge in [-0.25, -0.2) is 9.97 Å². The average molecular weight is 272 g/mol. The van der Waals surface area contributed by atoms with Crippen molar-refractivity contribution in [2.24, 2.45) is 0 Å². The molecule has 104 valence electrons. The molecule has 2 aromatic rings. The number of hydrogen-bond acceptors (Lipinski definition) is 5. The molecule has 0 saturated heterocycles. The van der Waals surface area contributed by atoms with E-state index in [1.165, 1.54) is 6.33 Å². The summed E-state index contributed by atoms with van der Waals surface area (Å²) < 4.78 is 5.01. The smallest absolute Gasteiger partial charge is 0.306 e. The minimum absolute atomic E-state index is 0.184. The number of aromatic hydroxyl groups is 1. The first-order valence-corrected chi connectivity index (χ1v) is 6.40. The van der Waals surface area contributed by atoms with E-state index in [4.69, 9.17) is 4.74 Å². The Morgan fingerprint density at radius 2 is 1.85 bits per heavy atom. The standard InChI is InChI=1S/C15H16N2O3/c1-2-20-15(19)7-14(12-8-16-10-17-9-12)11-3-5-13(18)6-4-11/h3-6,8-10,14,18H,2,7H2,1H3/t14-/m0/s1. The molecular formula is C15H16N2O3. The summed E-state index contributed by atoms with van der Waals surface area (Å²) in [6.45, 7) is 2.13. The van der Waals surface area contributed by atoms with E-state index in [1.54, 1.807) is 43.6 Å². The van der Waals surface area contributed by atoms with E-state index in [-0.39, 0.29) is 24.1 Å². The van der Waals surface area contributed by atoms with Gasteiger partial charge in [0.25, 0.3) is 0 Å². The lowest BCUT2D eigenvalue weighted by Gasteiger charge is -2.16. The number of aromatic nitrogens is 2. The zero-order valence-corrected chi connectivity index (χ0v) is 11.2. The third kappa shape index (κ3) is 3.54. The van der Waals surface area contributed by atoms with Gasteiger partial charge in [0.1, 0.15) is 12.1 Å². The van der Waals surface area contributed by atoms with Gasteiger partial charge in [-0.2, -0.15) is 0 Å². The van der Waals surface area contributed by atoms with Crippen molar-refractivity contribution in [2.75, 3.05) is 6.61 Å². The lowest BCUT2D eigenvalue weighted by atomic mass is 9.90. The lowest BCUT2D eigenvalue weighted by Crippen LogP contribution is -2.12. The monoisotopic (exact) mass is 272 g/mol. The maximum absolute atomic E-state index is 11.8. The zero-order chi connectivity index (χ0) is 14.4. The Hall–Kier alpha value is -2.43. The highest BCUT2D eigenvalue weighted by atomic mass is 16.5. The molecule has 0 unspecified atom stereocenters. The van der Waals surface area contributed by atoms with Crippen LogP contribution in [0.5, 0.6) is 5.75 Å². The summed E-state index contributed by atoms with van der Waals surface area (Å²) in [7, 11) is 0. The Balaban J connectivity index is 2.29. The second-order valence-corrected chi connectivity index (χ2v) is 4.33. The number of phenols is 1. The number of benzene rings is 1. The Labute approximate surface area is 117 Å². The fourth-order valence-electron chi connectivity index (χ4n) is 2.01. The first-order valence-electron chi connectivity index (χ1n) is 6.40. The number of ether oxygens (including phenoxy) is 1. The number of esters is 1. The van der Waals surface area contributed by atoms with Gasteiger partial charge in [0, 0.05) is 18.3 Å². The second kappa shape index (κ2) is 6.65. The van der Waals surface area contributed by atoms with E-state index < -0.39 is 0 Å². The molecule has 0 radical (unpaired) electrons. The first kappa shape index (κ1) is 14.0. The predicted octanol–water partition coefficient (Wildman–Crippen LogP) is 2.27. The second-order valence-electron chi connectivity index (χ2n) is 4.33. The zero-order valence-electron chi connectivity index (χ0n) is 11.2. The van der Waals surface area contributed by atoms with Crippen LogP contribution in [0.25, 0.3) is 0 Å². The summed E-state index contributed by atoms with van der Waals surface area (Å²) in [6, 6.07) is 6.76. The van der Waals surface area contributed by atoms with Crippen LogP contribution in [0.4, 0.5) is 0 Å². The van der Waals surface area contributed by atoms with Crippen LogP contribution in [-0.2, 0) is 9.53 Å². The molecule has 0 fully saturated rings. The molecule has 20 heavy (non-hydrogen) atoms. The van der Waals surface area contributed by atoms with Gasteiger partial charge >= 0.3 is 5.97 Å². The number of carbonyl (C=O) groups excluding carboxylic acids is 1. The van der Waals surface area contributed by atoms with Crippen LogP contribution in [0.15, 0.2) is 43.0 Å². The van der Waals surface area contributed by atoms with Crippen LogP contribution in [-0.4, -0.2) is 27.7 Å². The predicted molar refractivity (Wildman–Crippen MR) is 73.2 cm³/mol. The van der Waals surface area contributed by atoms with E-state index >= 15 is 0 Å². The molecule has 1 heterocycles. The summed E-state index contributed by atoms with van der Waals surface area (Å²) in [5, 5.41) is 9.36. The minimum Gasteiger partial charge on any atom is -0.508 e. The van der Waals surface area contributed by atoms with Crippen molar-refractivity contribution in [1.82, 2.24) is 9.97 Å². The van der Waals surface area contributed by atoms with Gasteiger partial charge in [-0.1, -0.05) is 12.1 Å². The molecule has 1 aromatic heterocycles. The molecule has 0 spiro atoms. The number of nitrogens with zero attached hydrogens (tertiary/aromatic N) is 2. The molecule has 1 atom stereocenters. The highest BCUT2D eigenvalue weighted by Crippen LogP contribution is 2.28. The normalized spacial score (nSPS) is 11.8. The van der Waals surface area contributed by atoms with Gasteiger partial charge in [0.05, 0.1) is 13.0 Å². The molecule has 1 N–H and O–H groups in total. The number of hydrogen-bond donors (Lipinski definition) is 1. The SMILES string of the molecule is CCOC(=O)C[C@@H](c1ccc(O)cc1)c1cncnc1. The molecule has 2 rings (SSSR count). The molecule has 5 nitrogen and oxygen atoms in total. The lowest BCUT2D eigenvalue weighted by molar-refractivity contribution is -0.143. The van der Waals surface area contributed by atoms with Crippen molar-refractivity contribution in [3.63, 3.8) is 0 Å². The third-order valence-corrected chi connectivity index (χ3v) is 2.95. The van der Waals surface area contributed by atoms with Crippen LogP contribution in [0.3, 0.4) is 0 Å². The molecule has 5 heteroatoms. The highest BCUT2D eigenvalue weighted by Gasteiger charge is 2.19. The molecule has 0 amide bonds. The molecule has 0 saturated carbocycles. The Kier molecular flexibility index (Phi) is 4.65. The quantitative estimate of drug-likeness (QED) is 0.845. The average Bonchev–Trinajstić information content (AvgIpc) is 2.47. The minimum atomic E-state index is -0.269. The van der Waals surface area contributed by atoms with E-state index in [0.717, 1.165) is 11.1 Å². The molecule has 0 aliphatic rings. The van der Waals surface area contributed by atoms with Crippen LogP contribution >= 0.6 is 0 Å². The maximum atomic E-state index is 11.8. The van der Waals surface area contributed by atoms with Gasteiger partial charge in [-0.3, -0.25) is 4.79 Å². The highest BCUT2D eigenvalue weighted by molar-refractivity contribution is 5.71. The van der Waals surface area contributed by atoms with Crippen LogP contribution in [0.1, 0.15) is 30.4 Å². The van der Waals surface area contributed by atoms with Gasteiger partial charge in [0.2, 0.25) is 0 Å². The molecular weight excluding hydrogens is 256 g/mol. The maximum Gasteiger partial charge on any atom is 0.306 e. The van der Waals surface area contributed by atoms with Gasteiger partial charge in [0.15, 0.2) is 0 Å². The molecule has 0 aliphatic carbocycles. The Morgan fingerprint density at radius 1 is 1.20 bits per heavy atom. The molecule has 0 aliphatic heterocycles. The van der Waals surface area contributed by atoms with Gasteiger partial charge in [-0.15, -0.1) is 0 Å². The van der Waals surface area contributed by atoms with E-state index in [9.17, 15) is 9.90 Å². The summed E-state index contributed by atoms with van der Waals surface area (Å²) in [5.74, 6) is -0.266. The van der Waals surface area contributed by atoms with Crippen LogP contribution in [0.2, 0.25) is 0 Å². The van der Waals surface area contributed by atoms with Crippen molar-refractivity contribution in [3.05, 3.63) is 54.1 Å². The van der Waals surface area contributed by atoms with E-state index in [0.29, 0.717) is 6.61 Å². The van der Waals surface area contributed by atoms with Crippen LogP contribution < -0.4 is 0 Å². The van der Waals surface area contributed by atoms with Crippen molar-refractivity contribution in [3.8, 4) is 5.75 Å². The fraction of sp³-hybridized carbons (Fsp3) is 0.267. The fourth-order valence-corrected chi connectivity index (χ4v) is 2.01. The number of carbonyl (C=O) groups is 1. The topological polar surface area (TPSA) is 72.3 Å². The Morgan fingerprint density at radius 3 is 2.45 bits per heavy atom. The molecule has 1 aromatic carbocycles. The van der Waals surface area contributed by atoms with Crippen molar-refractivity contribution >= 4 is 5.97 Å². The van der Waals surface area contributed by atoms with E-state index in [1.807, 2.05) is 0 Å². The van der Waals surface area contributed by atoms with Gasteiger partial charge in [-0.05, 0) is 30.2 Å². The summed E-state index contributed by atoms with van der Waals surface area (Å²) in [4.78, 5) is 19.7. The largest absolute Gasteiger partial charge is 0.508 e. The number of rotatable bonds is 5. The van der Waals surface area contributed by atoms with Crippen LogP contribution in [0, 0.1) is 0 Å². The third-order valence-electron chi connectivity index (χ3n) is 2.95.